The van der Waals surface area contributed by atoms with Gasteiger partial charge in [-0.1, -0.05) is 0 Å². The van der Waals surface area contributed by atoms with E-state index in [0.29, 0.717) is 24.1 Å². The molecule has 0 radical (unpaired) electrons. The van der Waals surface area contributed by atoms with Crippen LogP contribution in [0.5, 0.6) is 0 Å². The van der Waals surface area contributed by atoms with Crippen LogP contribution in [0.15, 0.2) is 36.0 Å². The smallest absolute Gasteiger partial charge is 0.216 e. The van der Waals surface area contributed by atoms with E-state index >= 15 is 0 Å². The van der Waals surface area contributed by atoms with Crippen LogP contribution >= 0.6 is 11.3 Å². The number of aromatic amines is 1. The highest BCUT2D eigenvalue weighted by Gasteiger charge is 2.17. The van der Waals surface area contributed by atoms with Crippen molar-refractivity contribution < 1.29 is 0 Å². The molecule has 0 bridgehead atoms. The first-order valence-corrected chi connectivity index (χ1v) is 10.3. The first-order valence-electron chi connectivity index (χ1n) is 9.45. The lowest BCUT2D eigenvalue weighted by atomic mass is 10.1. The molecule has 1 fully saturated rings. The molecule has 10 nitrogen and oxygen atoms in total. The molecule has 4 N–H and O–H groups in total. The zero-order valence-corrected chi connectivity index (χ0v) is 16.4. The minimum absolute atomic E-state index is 0.267. The van der Waals surface area contributed by atoms with Gasteiger partial charge in [-0.2, -0.15) is 10.2 Å². The van der Waals surface area contributed by atoms with E-state index in [9.17, 15) is 0 Å². The second kappa shape index (κ2) is 7.68. The molecular weight excluding hydrogens is 388 g/mol. The van der Waals surface area contributed by atoms with Gasteiger partial charge in [-0.25, -0.2) is 15.5 Å². The van der Waals surface area contributed by atoms with Crippen LogP contribution in [0.2, 0.25) is 0 Å². The maximum absolute atomic E-state index is 7.39. The van der Waals surface area contributed by atoms with Gasteiger partial charge < -0.3 is 10.6 Å². The minimum Gasteiger partial charge on any atom is -0.362 e. The molecule has 5 heterocycles. The number of fused-ring (bicyclic) bond motifs is 1. The molecule has 1 saturated heterocycles. The SMILES string of the molecule is N=Nc1ncc(-c2cnn(C3CCNCC3)c2)nc1NCc1cc2[nH]ncc2s1. The Morgan fingerprint density at radius 1 is 1.28 bits per heavy atom. The van der Waals surface area contributed by atoms with Gasteiger partial charge in [-0.05, 0) is 32.0 Å². The second-order valence-electron chi connectivity index (χ2n) is 6.94. The number of nitrogens with zero attached hydrogens (tertiary/aromatic N) is 6. The maximum atomic E-state index is 7.39. The van der Waals surface area contributed by atoms with Crippen molar-refractivity contribution in [2.75, 3.05) is 18.4 Å². The molecule has 0 amide bonds. The highest BCUT2D eigenvalue weighted by atomic mass is 32.1. The fourth-order valence-corrected chi connectivity index (χ4v) is 4.45. The highest BCUT2D eigenvalue weighted by molar-refractivity contribution is 7.19. The molecule has 5 rings (SSSR count). The number of aromatic nitrogens is 6. The molecule has 148 valence electrons. The predicted octanol–water partition coefficient (Wildman–Crippen LogP) is 3.48. The van der Waals surface area contributed by atoms with E-state index in [1.54, 1.807) is 17.5 Å². The summed E-state index contributed by atoms with van der Waals surface area (Å²) >= 11 is 1.66. The largest absolute Gasteiger partial charge is 0.362 e. The molecule has 0 spiro atoms. The topological polar surface area (TPSA) is 133 Å². The highest BCUT2D eigenvalue weighted by Crippen LogP contribution is 2.28. The summed E-state index contributed by atoms with van der Waals surface area (Å²) in [5, 5.41) is 21.7. The Balaban J connectivity index is 1.36. The third-order valence-electron chi connectivity index (χ3n) is 5.05. The number of H-pyrrole nitrogens is 1. The molecule has 1 aliphatic rings. The third kappa shape index (κ3) is 3.61. The van der Waals surface area contributed by atoms with Crippen molar-refractivity contribution in [2.45, 2.75) is 25.4 Å². The average Bonchev–Trinajstić information content (AvgIpc) is 3.49. The van der Waals surface area contributed by atoms with Crippen molar-refractivity contribution in [1.82, 2.24) is 35.3 Å². The van der Waals surface area contributed by atoms with Crippen LogP contribution in [0.3, 0.4) is 0 Å². The second-order valence-corrected chi connectivity index (χ2v) is 8.11. The molecule has 0 aromatic carbocycles. The molecule has 4 aromatic heterocycles. The average molecular weight is 408 g/mol. The van der Waals surface area contributed by atoms with E-state index in [-0.39, 0.29) is 5.82 Å². The molecule has 0 aliphatic carbocycles. The van der Waals surface area contributed by atoms with Crippen LogP contribution in [0.4, 0.5) is 11.6 Å². The molecule has 29 heavy (non-hydrogen) atoms. The van der Waals surface area contributed by atoms with E-state index in [1.165, 1.54) is 0 Å². The fourth-order valence-electron chi connectivity index (χ4n) is 3.52. The number of anilines is 1. The van der Waals surface area contributed by atoms with E-state index in [0.717, 1.165) is 46.6 Å². The number of piperidine rings is 1. The lowest BCUT2D eigenvalue weighted by molar-refractivity contribution is 0.343. The first-order chi connectivity index (χ1) is 14.3. The fraction of sp³-hybridized carbons (Fsp3) is 0.333. The maximum Gasteiger partial charge on any atom is 0.216 e. The minimum atomic E-state index is 0.267. The van der Waals surface area contributed by atoms with Gasteiger partial charge in [0.25, 0.3) is 0 Å². The lowest BCUT2D eigenvalue weighted by Gasteiger charge is -2.22. The van der Waals surface area contributed by atoms with Gasteiger partial charge in [0.05, 0.1) is 47.1 Å². The van der Waals surface area contributed by atoms with Gasteiger partial charge in [-0.3, -0.25) is 9.78 Å². The van der Waals surface area contributed by atoms with Gasteiger partial charge in [0.2, 0.25) is 5.82 Å². The Kier molecular flexibility index (Phi) is 4.74. The van der Waals surface area contributed by atoms with E-state index in [4.69, 9.17) is 5.53 Å². The zero-order valence-electron chi connectivity index (χ0n) is 15.6. The van der Waals surface area contributed by atoms with Gasteiger partial charge in [0.1, 0.15) is 0 Å². The van der Waals surface area contributed by atoms with Crippen molar-refractivity contribution in [3.05, 3.63) is 35.7 Å². The summed E-state index contributed by atoms with van der Waals surface area (Å²) < 4.78 is 3.13. The van der Waals surface area contributed by atoms with Crippen molar-refractivity contribution in [2.24, 2.45) is 5.11 Å². The Morgan fingerprint density at radius 3 is 3.00 bits per heavy atom. The number of rotatable bonds is 6. The standard InChI is InChI=1S/C18H20N10S/c19-26-18-17(21-7-13-5-14-16(29-13)9-23-27-14)25-15(8-22-18)11-6-24-28(10-11)12-1-3-20-4-2-12/h5-6,8-10,12,19-20H,1-4,7H2,(H,21,25)(H,23,27). The number of thiophene rings is 1. The van der Waals surface area contributed by atoms with E-state index < -0.39 is 0 Å². The normalized spacial score (nSPS) is 15.0. The Labute approximate surface area is 170 Å². The van der Waals surface area contributed by atoms with Gasteiger partial charge in [-0.15, -0.1) is 16.5 Å². The van der Waals surface area contributed by atoms with E-state index in [1.807, 2.05) is 23.3 Å². The molecule has 11 heteroatoms. The quantitative estimate of drug-likeness (QED) is 0.361. The Hall–Kier alpha value is -3.18. The number of hydrogen-bond donors (Lipinski definition) is 4. The van der Waals surface area contributed by atoms with Gasteiger partial charge in [0, 0.05) is 16.6 Å². The lowest BCUT2D eigenvalue weighted by Crippen LogP contribution is -2.29. The van der Waals surface area contributed by atoms with Crippen molar-refractivity contribution in [1.29, 1.82) is 5.53 Å². The van der Waals surface area contributed by atoms with Crippen molar-refractivity contribution in [3.8, 4) is 11.3 Å². The molecule has 0 atom stereocenters. The van der Waals surface area contributed by atoms with Crippen LogP contribution in [0.25, 0.3) is 21.5 Å². The van der Waals surface area contributed by atoms with Crippen LogP contribution in [0.1, 0.15) is 23.8 Å². The van der Waals surface area contributed by atoms with Crippen LogP contribution < -0.4 is 10.6 Å². The monoisotopic (exact) mass is 408 g/mol. The zero-order chi connectivity index (χ0) is 19.6. The molecule has 4 aromatic rings. The third-order valence-corrected chi connectivity index (χ3v) is 6.12. The summed E-state index contributed by atoms with van der Waals surface area (Å²) in [6.45, 7) is 2.60. The predicted molar refractivity (Wildman–Crippen MR) is 110 cm³/mol. The van der Waals surface area contributed by atoms with Crippen LogP contribution in [-0.4, -0.2) is 43.0 Å². The van der Waals surface area contributed by atoms with Crippen molar-refractivity contribution in [3.63, 3.8) is 0 Å². The van der Waals surface area contributed by atoms with Crippen LogP contribution in [0, 0.1) is 5.53 Å². The van der Waals surface area contributed by atoms with Crippen molar-refractivity contribution >= 4 is 33.2 Å². The summed E-state index contributed by atoms with van der Waals surface area (Å²) in [6.07, 6.45) is 9.44. The molecule has 1 aliphatic heterocycles. The molecular formula is C18H20N10S. The summed E-state index contributed by atoms with van der Waals surface area (Å²) in [4.78, 5) is 10.1. The Bertz CT molecular complexity index is 1110. The van der Waals surface area contributed by atoms with Gasteiger partial charge in [0.15, 0.2) is 5.82 Å². The summed E-state index contributed by atoms with van der Waals surface area (Å²) in [7, 11) is 0. The first kappa shape index (κ1) is 17.9. The summed E-state index contributed by atoms with van der Waals surface area (Å²) in [5.74, 6) is 0.755. The van der Waals surface area contributed by atoms with Crippen LogP contribution in [-0.2, 0) is 6.54 Å². The molecule has 0 saturated carbocycles. The summed E-state index contributed by atoms with van der Waals surface area (Å²) in [5.41, 5.74) is 10.0. The Morgan fingerprint density at radius 2 is 2.17 bits per heavy atom. The summed E-state index contributed by atoms with van der Waals surface area (Å²) in [6, 6.07) is 2.47. The van der Waals surface area contributed by atoms with Gasteiger partial charge >= 0.3 is 0 Å². The number of nitrogens with one attached hydrogen (secondary N) is 4. The molecule has 0 unspecified atom stereocenters. The van der Waals surface area contributed by atoms with E-state index in [2.05, 4.69) is 47.1 Å². The number of hydrogen-bond acceptors (Lipinski definition) is 9.